The maximum absolute atomic E-state index is 12.3. The summed E-state index contributed by atoms with van der Waals surface area (Å²) in [5, 5.41) is 2.32. The van der Waals surface area contributed by atoms with Crippen molar-refractivity contribution in [3.05, 3.63) is 22.2 Å². The fraction of sp³-hybridized carbons (Fsp3) is 0.273. The predicted molar refractivity (Wildman–Crippen MR) is 66.4 cm³/mol. The molecule has 4 nitrogen and oxygen atoms in total. The standard InChI is InChI=1S/C11H8BrF3N2O2/c1-17(4-11(13,14)15)8-3-7-5(2-6(8)12)9(18)10(19)16-7/h2-3H,4H2,1H3,(H,16,18,19). The zero-order chi connectivity index (χ0) is 14.4. The van der Waals surface area contributed by atoms with Crippen molar-refractivity contribution in [1.82, 2.24) is 0 Å². The molecule has 1 aliphatic heterocycles. The first-order valence-electron chi connectivity index (χ1n) is 5.16. The second-order valence-electron chi connectivity index (χ2n) is 4.10. The van der Waals surface area contributed by atoms with Crippen LogP contribution < -0.4 is 10.2 Å². The molecule has 1 N–H and O–H groups in total. The SMILES string of the molecule is CN(CC(F)(F)F)c1cc2c(cc1Br)C(=O)C(=O)N2. The topological polar surface area (TPSA) is 49.4 Å². The highest BCUT2D eigenvalue weighted by molar-refractivity contribution is 9.10. The van der Waals surface area contributed by atoms with Gasteiger partial charge in [-0.05, 0) is 28.1 Å². The second kappa shape index (κ2) is 4.52. The van der Waals surface area contributed by atoms with Gasteiger partial charge in [-0.2, -0.15) is 13.2 Å². The van der Waals surface area contributed by atoms with E-state index in [9.17, 15) is 22.8 Å². The lowest BCUT2D eigenvalue weighted by atomic mass is 10.1. The van der Waals surface area contributed by atoms with E-state index in [-0.39, 0.29) is 16.9 Å². The van der Waals surface area contributed by atoms with Gasteiger partial charge >= 0.3 is 6.18 Å². The Balaban J connectivity index is 2.37. The first-order chi connectivity index (χ1) is 8.69. The summed E-state index contributed by atoms with van der Waals surface area (Å²) < 4.78 is 37.3. The van der Waals surface area contributed by atoms with Gasteiger partial charge in [-0.15, -0.1) is 0 Å². The Morgan fingerprint density at radius 2 is 1.95 bits per heavy atom. The van der Waals surface area contributed by atoms with E-state index in [4.69, 9.17) is 0 Å². The van der Waals surface area contributed by atoms with Crippen LogP contribution in [0.4, 0.5) is 24.5 Å². The zero-order valence-corrected chi connectivity index (χ0v) is 11.2. The fourth-order valence-corrected chi connectivity index (χ4v) is 2.45. The summed E-state index contributed by atoms with van der Waals surface area (Å²) in [7, 11) is 1.28. The number of hydrogen-bond donors (Lipinski definition) is 1. The Labute approximate surface area is 114 Å². The van der Waals surface area contributed by atoms with E-state index < -0.39 is 24.4 Å². The quantitative estimate of drug-likeness (QED) is 0.844. The van der Waals surface area contributed by atoms with E-state index in [1.165, 1.54) is 19.2 Å². The van der Waals surface area contributed by atoms with Crippen LogP contribution in [0.2, 0.25) is 0 Å². The number of carbonyl (C=O) groups is 2. The number of carbonyl (C=O) groups excluding carboxylic acids is 2. The van der Waals surface area contributed by atoms with Gasteiger partial charge in [0.1, 0.15) is 6.54 Å². The van der Waals surface area contributed by atoms with E-state index in [0.29, 0.717) is 4.47 Å². The van der Waals surface area contributed by atoms with E-state index in [1.807, 2.05) is 0 Å². The van der Waals surface area contributed by atoms with Gasteiger partial charge in [0.25, 0.3) is 11.7 Å². The smallest absolute Gasteiger partial charge is 0.365 e. The monoisotopic (exact) mass is 336 g/mol. The highest BCUT2D eigenvalue weighted by Crippen LogP contribution is 2.35. The van der Waals surface area contributed by atoms with E-state index >= 15 is 0 Å². The molecule has 1 aromatic carbocycles. The van der Waals surface area contributed by atoms with E-state index in [1.54, 1.807) is 0 Å². The molecule has 0 aromatic heterocycles. The second-order valence-corrected chi connectivity index (χ2v) is 4.96. The number of amides is 1. The molecule has 1 aromatic rings. The number of nitrogens with zero attached hydrogens (tertiary/aromatic N) is 1. The van der Waals surface area contributed by atoms with Crippen molar-refractivity contribution in [3.8, 4) is 0 Å². The van der Waals surface area contributed by atoms with Crippen LogP contribution in [0.3, 0.4) is 0 Å². The fourth-order valence-electron chi connectivity index (χ4n) is 1.80. The molecule has 2 rings (SSSR count). The highest BCUT2D eigenvalue weighted by atomic mass is 79.9. The number of alkyl halides is 3. The van der Waals surface area contributed by atoms with Gasteiger partial charge in [0.15, 0.2) is 0 Å². The van der Waals surface area contributed by atoms with Crippen LogP contribution in [0.25, 0.3) is 0 Å². The van der Waals surface area contributed by atoms with Crippen molar-refractivity contribution in [2.45, 2.75) is 6.18 Å². The molecule has 1 heterocycles. The number of halogens is 4. The maximum atomic E-state index is 12.3. The Hall–Kier alpha value is -1.57. The van der Waals surface area contributed by atoms with Crippen LogP contribution in [-0.2, 0) is 4.79 Å². The predicted octanol–water partition coefficient (Wildman–Crippen LogP) is 2.58. The van der Waals surface area contributed by atoms with Crippen molar-refractivity contribution in [2.75, 3.05) is 23.8 Å². The summed E-state index contributed by atoms with van der Waals surface area (Å²) in [4.78, 5) is 23.6. The molecular formula is C11H8BrF3N2O2. The largest absolute Gasteiger partial charge is 0.405 e. The van der Waals surface area contributed by atoms with Crippen LogP contribution in [0.5, 0.6) is 0 Å². The minimum absolute atomic E-state index is 0.154. The lowest BCUT2D eigenvalue weighted by Crippen LogP contribution is -2.31. The van der Waals surface area contributed by atoms with Crippen molar-refractivity contribution < 1.29 is 22.8 Å². The number of benzene rings is 1. The van der Waals surface area contributed by atoms with Crippen LogP contribution in [-0.4, -0.2) is 31.5 Å². The molecule has 0 fully saturated rings. The third kappa shape index (κ3) is 2.73. The first kappa shape index (κ1) is 13.9. The Morgan fingerprint density at radius 1 is 1.32 bits per heavy atom. The molecule has 0 saturated carbocycles. The Morgan fingerprint density at radius 3 is 2.53 bits per heavy atom. The van der Waals surface area contributed by atoms with Gasteiger partial charge in [0, 0.05) is 11.5 Å². The molecule has 0 atom stereocenters. The number of hydrogen-bond acceptors (Lipinski definition) is 3. The summed E-state index contributed by atoms with van der Waals surface area (Å²) in [6.45, 7) is -1.13. The Bertz CT molecular complexity index is 572. The lowest BCUT2D eigenvalue weighted by Gasteiger charge is -2.22. The number of nitrogens with one attached hydrogen (secondary N) is 1. The van der Waals surface area contributed by atoms with Gasteiger partial charge in [-0.25, -0.2) is 0 Å². The normalized spacial score (nSPS) is 14.4. The highest BCUT2D eigenvalue weighted by Gasteiger charge is 2.32. The molecule has 19 heavy (non-hydrogen) atoms. The molecular weight excluding hydrogens is 329 g/mol. The van der Waals surface area contributed by atoms with Gasteiger partial charge < -0.3 is 10.2 Å². The minimum Gasteiger partial charge on any atom is -0.365 e. The van der Waals surface area contributed by atoms with Crippen molar-refractivity contribution in [3.63, 3.8) is 0 Å². The molecule has 0 saturated heterocycles. The van der Waals surface area contributed by atoms with Gasteiger partial charge in [-0.1, -0.05) is 0 Å². The van der Waals surface area contributed by atoms with Crippen LogP contribution in [0.1, 0.15) is 10.4 Å². The Kier molecular flexibility index (Phi) is 3.29. The van der Waals surface area contributed by atoms with Gasteiger partial charge in [0.2, 0.25) is 0 Å². The molecule has 102 valence electrons. The van der Waals surface area contributed by atoms with Gasteiger partial charge in [-0.3, -0.25) is 9.59 Å². The lowest BCUT2D eigenvalue weighted by molar-refractivity contribution is -0.119. The molecule has 0 unspecified atom stereocenters. The summed E-state index contributed by atoms with van der Waals surface area (Å²) in [6, 6.07) is 2.69. The van der Waals surface area contributed by atoms with Crippen LogP contribution in [0, 0.1) is 0 Å². The van der Waals surface area contributed by atoms with Crippen molar-refractivity contribution in [2.24, 2.45) is 0 Å². The minimum atomic E-state index is -4.34. The summed E-state index contributed by atoms with van der Waals surface area (Å²) in [5.74, 6) is -1.47. The molecule has 0 spiro atoms. The van der Waals surface area contributed by atoms with E-state index in [0.717, 1.165) is 4.90 Å². The van der Waals surface area contributed by atoms with Gasteiger partial charge in [0.05, 0.1) is 16.9 Å². The maximum Gasteiger partial charge on any atom is 0.405 e. The average Bonchev–Trinajstić information content (AvgIpc) is 2.52. The average molecular weight is 337 g/mol. The molecule has 1 aliphatic rings. The van der Waals surface area contributed by atoms with Crippen LogP contribution in [0.15, 0.2) is 16.6 Å². The summed E-state index contributed by atoms with van der Waals surface area (Å²) in [5.41, 5.74) is 0.620. The zero-order valence-electron chi connectivity index (χ0n) is 9.64. The number of Topliss-reactive ketones (excluding diaryl/α,β-unsaturated/α-hetero) is 1. The first-order valence-corrected chi connectivity index (χ1v) is 5.95. The van der Waals surface area contributed by atoms with E-state index in [2.05, 4.69) is 21.2 Å². The molecule has 1 amide bonds. The summed E-state index contributed by atoms with van der Waals surface area (Å²) in [6.07, 6.45) is -4.34. The number of fused-ring (bicyclic) bond motifs is 1. The summed E-state index contributed by atoms with van der Waals surface area (Å²) >= 11 is 3.11. The number of rotatable bonds is 2. The third-order valence-electron chi connectivity index (χ3n) is 2.61. The third-order valence-corrected chi connectivity index (χ3v) is 3.25. The van der Waals surface area contributed by atoms with Crippen molar-refractivity contribution >= 4 is 39.0 Å². The number of ketones is 1. The van der Waals surface area contributed by atoms with Crippen molar-refractivity contribution in [1.29, 1.82) is 0 Å². The number of anilines is 2. The molecule has 0 radical (unpaired) electrons. The molecule has 8 heteroatoms. The van der Waals surface area contributed by atoms with Crippen LogP contribution >= 0.6 is 15.9 Å². The molecule has 0 bridgehead atoms. The molecule has 0 aliphatic carbocycles.